The van der Waals surface area contributed by atoms with Crippen LogP contribution in [0.15, 0.2) is 36.4 Å². The molecule has 2 aromatic carbocycles. The molecule has 0 saturated carbocycles. The number of nitrogens with zero attached hydrogens (tertiary/aromatic N) is 3. The van der Waals surface area contributed by atoms with Gasteiger partial charge in [-0.1, -0.05) is 12.1 Å². The molecule has 0 fully saturated rings. The molecule has 0 amide bonds. The van der Waals surface area contributed by atoms with Gasteiger partial charge in [0.2, 0.25) is 0 Å². The highest BCUT2D eigenvalue weighted by atomic mass is 16.6. The normalized spacial score (nSPS) is 8.82. The minimum Gasteiger partial charge on any atom is -0.506 e. The Hall–Kier alpha value is -3.78. The van der Waals surface area contributed by atoms with E-state index in [0.29, 0.717) is 5.69 Å². The summed E-state index contributed by atoms with van der Waals surface area (Å²) in [6.07, 6.45) is 0. The number of aromatic hydroxyl groups is 2. The van der Waals surface area contributed by atoms with Crippen molar-refractivity contribution in [3.63, 3.8) is 0 Å². The van der Waals surface area contributed by atoms with Crippen LogP contribution < -0.4 is 5.73 Å². The van der Waals surface area contributed by atoms with Gasteiger partial charge >= 0.3 is 5.69 Å². The first-order valence-electron chi connectivity index (χ1n) is 5.70. The smallest absolute Gasteiger partial charge is 0.300 e. The molecule has 0 unspecified atom stereocenters. The SMILES string of the molecule is [C-]#[N+]c1ccc(O)c(N)c1.[C-]#[N+]c1ccc(O)c([N+](=O)[O-])c1. The summed E-state index contributed by atoms with van der Waals surface area (Å²) in [5.74, 6) is -0.403. The molecule has 22 heavy (non-hydrogen) atoms. The number of phenolic OH excluding ortho intramolecular Hbond substituents is 2. The summed E-state index contributed by atoms with van der Waals surface area (Å²) in [4.78, 5) is 15.6. The van der Waals surface area contributed by atoms with Gasteiger partial charge in [-0.3, -0.25) is 10.1 Å². The zero-order valence-electron chi connectivity index (χ0n) is 11.1. The lowest BCUT2D eigenvalue weighted by molar-refractivity contribution is -0.385. The summed E-state index contributed by atoms with van der Waals surface area (Å²) >= 11 is 0. The predicted molar refractivity (Wildman–Crippen MR) is 79.8 cm³/mol. The van der Waals surface area contributed by atoms with Crippen LogP contribution >= 0.6 is 0 Å². The molecule has 0 aliphatic carbocycles. The van der Waals surface area contributed by atoms with Crippen molar-refractivity contribution in [1.29, 1.82) is 0 Å². The molecule has 0 radical (unpaired) electrons. The fourth-order valence-corrected chi connectivity index (χ4v) is 1.34. The van der Waals surface area contributed by atoms with Crippen LogP contribution in [0.4, 0.5) is 22.7 Å². The Morgan fingerprint density at radius 3 is 1.95 bits per heavy atom. The van der Waals surface area contributed by atoms with Crippen molar-refractivity contribution < 1.29 is 15.1 Å². The monoisotopic (exact) mass is 298 g/mol. The summed E-state index contributed by atoms with van der Waals surface area (Å²) in [5.41, 5.74) is 5.68. The van der Waals surface area contributed by atoms with E-state index in [4.69, 9.17) is 29.1 Å². The fraction of sp³-hybridized carbons (Fsp3) is 0. The second-order valence-electron chi connectivity index (χ2n) is 3.90. The maximum Gasteiger partial charge on any atom is 0.300 e. The van der Waals surface area contributed by atoms with E-state index in [-0.39, 0.29) is 17.1 Å². The lowest BCUT2D eigenvalue weighted by Crippen LogP contribution is -1.87. The van der Waals surface area contributed by atoms with Gasteiger partial charge in [0.15, 0.2) is 17.1 Å². The first kappa shape index (κ1) is 16.3. The minimum absolute atomic E-state index is 0.0207. The standard InChI is InChI=1S/C7H4N2O3.C7H6N2O/c1-8-5-2-3-7(10)6(4-5)9(11)12;1-9-5-2-3-7(10)6(8)4-5/h2-4,10H;2-4,10H,8H2. The molecule has 4 N–H and O–H groups in total. The second kappa shape index (κ2) is 7.12. The number of hydrogen-bond donors (Lipinski definition) is 3. The average Bonchev–Trinajstić information content (AvgIpc) is 2.51. The highest BCUT2D eigenvalue weighted by Gasteiger charge is 2.12. The van der Waals surface area contributed by atoms with E-state index in [1.807, 2.05) is 0 Å². The minimum atomic E-state index is -0.732. The Kier molecular flexibility index (Phi) is 5.27. The van der Waals surface area contributed by atoms with Crippen molar-refractivity contribution in [3.8, 4) is 11.5 Å². The third-order valence-corrected chi connectivity index (χ3v) is 2.43. The Morgan fingerprint density at radius 1 is 1.00 bits per heavy atom. The first-order chi connectivity index (χ1) is 10.4. The molecular weight excluding hydrogens is 288 g/mol. The maximum atomic E-state index is 10.2. The summed E-state index contributed by atoms with van der Waals surface area (Å²) in [6.45, 7) is 13.2. The van der Waals surface area contributed by atoms with Crippen molar-refractivity contribution in [2.24, 2.45) is 0 Å². The third-order valence-electron chi connectivity index (χ3n) is 2.43. The highest BCUT2D eigenvalue weighted by molar-refractivity contribution is 5.62. The quantitative estimate of drug-likeness (QED) is 0.245. The summed E-state index contributed by atoms with van der Waals surface area (Å²) in [7, 11) is 0. The van der Waals surface area contributed by atoms with E-state index in [0.717, 1.165) is 12.1 Å². The lowest BCUT2D eigenvalue weighted by Gasteiger charge is -1.96. The van der Waals surface area contributed by atoms with Gasteiger partial charge in [0, 0.05) is 6.07 Å². The van der Waals surface area contributed by atoms with Crippen molar-refractivity contribution in [2.45, 2.75) is 0 Å². The van der Waals surface area contributed by atoms with Gasteiger partial charge in [0.05, 0.1) is 23.8 Å². The Balaban J connectivity index is 0.000000224. The Labute approximate surface area is 125 Å². The van der Waals surface area contributed by atoms with Crippen LogP contribution in [0.5, 0.6) is 11.5 Å². The van der Waals surface area contributed by atoms with Gasteiger partial charge in [-0.15, -0.1) is 0 Å². The number of phenols is 2. The molecule has 110 valence electrons. The number of nitro benzene ring substituents is 1. The topological polar surface area (TPSA) is 118 Å². The number of anilines is 1. The van der Waals surface area contributed by atoms with E-state index in [1.165, 1.54) is 24.3 Å². The van der Waals surface area contributed by atoms with E-state index >= 15 is 0 Å². The van der Waals surface area contributed by atoms with E-state index < -0.39 is 16.4 Å². The second-order valence-corrected chi connectivity index (χ2v) is 3.90. The number of benzene rings is 2. The molecule has 0 heterocycles. The van der Waals surface area contributed by atoms with Gasteiger partial charge in [0.25, 0.3) is 0 Å². The third kappa shape index (κ3) is 4.11. The Morgan fingerprint density at radius 2 is 1.50 bits per heavy atom. The van der Waals surface area contributed by atoms with Gasteiger partial charge in [-0.05, 0) is 18.2 Å². The number of rotatable bonds is 1. The summed E-state index contributed by atoms with van der Waals surface area (Å²) in [6, 6.07) is 7.83. The van der Waals surface area contributed by atoms with Crippen LogP contribution in [0.3, 0.4) is 0 Å². The largest absolute Gasteiger partial charge is 0.506 e. The summed E-state index contributed by atoms with van der Waals surface area (Å²) < 4.78 is 0. The molecule has 0 aromatic heterocycles. The highest BCUT2D eigenvalue weighted by Crippen LogP contribution is 2.29. The van der Waals surface area contributed by atoms with Crippen LogP contribution in [0.1, 0.15) is 0 Å². The van der Waals surface area contributed by atoms with E-state index in [9.17, 15) is 10.1 Å². The zero-order chi connectivity index (χ0) is 16.7. The van der Waals surface area contributed by atoms with Crippen molar-refractivity contribution >= 4 is 22.7 Å². The molecule has 0 atom stereocenters. The molecule has 0 aliphatic rings. The van der Waals surface area contributed by atoms with Crippen molar-refractivity contribution in [1.82, 2.24) is 0 Å². The molecule has 2 rings (SSSR count). The number of nitro groups is 1. The van der Waals surface area contributed by atoms with E-state index in [1.54, 1.807) is 0 Å². The van der Waals surface area contributed by atoms with E-state index in [2.05, 4.69) is 9.69 Å². The maximum absolute atomic E-state index is 10.2. The van der Waals surface area contributed by atoms with Gasteiger partial charge < -0.3 is 15.9 Å². The van der Waals surface area contributed by atoms with Crippen LogP contribution in [0.2, 0.25) is 0 Å². The average molecular weight is 298 g/mol. The first-order valence-corrected chi connectivity index (χ1v) is 5.70. The molecule has 0 bridgehead atoms. The molecular formula is C14H10N4O4. The fourth-order valence-electron chi connectivity index (χ4n) is 1.34. The number of nitrogen functional groups attached to an aromatic ring is 1. The molecule has 8 heteroatoms. The summed E-state index contributed by atoms with van der Waals surface area (Å²) in [5, 5.41) is 28.1. The molecule has 2 aromatic rings. The van der Waals surface area contributed by atoms with Crippen molar-refractivity contribution in [2.75, 3.05) is 5.73 Å². The molecule has 0 spiro atoms. The van der Waals surface area contributed by atoms with Crippen LogP contribution in [-0.4, -0.2) is 15.1 Å². The van der Waals surface area contributed by atoms with Gasteiger partial charge in [-0.25, -0.2) is 9.69 Å². The molecule has 0 aliphatic heterocycles. The van der Waals surface area contributed by atoms with Crippen molar-refractivity contribution in [3.05, 3.63) is 69.3 Å². The zero-order valence-corrected chi connectivity index (χ0v) is 11.1. The van der Waals surface area contributed by atoms with Crippen LogP contribution in [0, 0.1) is 23.3 Å². The molecule has 0 saturated heterocycles. The van der Waals surface area contributed by atoms with Crippen LogP contribution in [-0.2, 0) is 0 Å². The van der Waals surface area contributed by atoms with Gasteiger partial charge in [-0.2, -0.15) is 0 Å². The van der Waals surface area contributed by atoms with Crippen LogP contribution in [0.25, 0.3) is 9.69 Å². The lowest BCUT2D eigenvalue weighted by atomic mass is 10.2. The number of nitrogens with two attached hydrogens (primary N) is 1. The van der Waals surface area contributed by atoms with Gasteiger partial charge in [0.1, 0.15) is 5.75 Å². The Bertz CT molecular complexity index is 790. The molecule has 8 nitrogen and oxygen atoms in total. The predicted octanol–water partition coefficient (Wildman–Crippen LogP) is 3.38. The number of hydrogen-bond acceptors (Lipinski definition) is 5.